The second kappa shape index (κ2) is 12.1. The summed E-state index contributed by atoms with van der Waals surface area (Å²) in [6, 6.07) is 23.7. The molecule has 1 atom stereocenters. The summed E-state index contributed by atoms with van der Waals surface area (Å²) < 4.78 is 6.18. The Balaban J connectivity index is 1.09. The van der Waals surface area contributed by atoms with Crippen molar-refractivity contribution in [1.29, 1.82) is 0 Å². The number of rotatable bonds is 8. The first-order valence-electron chi connectivity index (χ1n) is 13.9. The maximum atomic E-state index is 13.0. The molecule has 0 aliphatic carbocycles. The summed E-state index contributed by atoms with van der Waals surface area (Å²) in [5.74, 6) is 1.91. The molecule has 1 unspecified atom stereocenters. The van der Waals surface area contributed by atoms with E-state index in [1.165, 1.54) is 21.9 Å². The molecule has 37 heavy (non-hydrogen) atoms. The van der Waals surface area contributed by atoms with Gasteiger partial charge in [-0.05, 0) is 86.9 Å². The van der Waals surface area contributed by atoms with Crippen molar-refractivity contribution in [2.24, 2.45) is 11.8 Å². The van der Waals surface area contributed by atoms with Crippen LogP contribution < -0.4 is 4.74 Å². The van der Waals surface area contributed by atoms with Crippen LogP contribution in [0.2, 0.25) is 0 Å². The molecule has 1 amide bonds. The van der Waals surface area contributed by atoms with E-state index >= 15 is 0 Å². The minimum absolute atomic E-state index is 0.210. The molecule has 2 aliphatic heterocycles. The van der Waals surface area contributed by atoms with Crippen LogP contribution in [0, 0.1) is 11.8 Å². The minimum Gasteiger partial charge on any atom is -0.493 e. The molecular weight excluding hydrogens is 458 g/mol. The van der Waals surface area contributed by atoms with Gasteiger partial charge in [0.2, 0.25) is 5.91 Å². The number of hydrogen-bond donors (Lipinski definition) is 0. The molecule has 0 aromatic heterocycles. The van der Waals surface area contributed by atoms with Crippen LogP contribution in [-0.2, 0) is 17.9 Å². The highest BCUT2D eigenvalue weighted by Crippen LogP contribution is 2.25. The first kappa shape index (κ1) is 25.7. The van der Waals surface area contributed by atoms with Crippen LogP contribution in [0.4, 0.5) is 0 Å². The van der Waals surface area contributed by atoms with Crippen molar-refractivity contribution in [3.8, 4) is 5.75 Å². The third-order valence-corrected chi connectivity index (χ3v) is 8.08. The number of hydrogen-bond acceptors (Lipinski definition) is 4. The molecule has 0 bridgehead atoms. The van der Waals surface area contributed by atoms with Crippen LogP contribution in [0.15, 0.2) is 66.7 Å². The summed E-state index contributed by atoms with van der Waals surface area (Å²) in [5, 5.41) is 2.62. The summed E-state index contributed by atoms with van der Waals surface area (Å²) in [4.78, 5) is 19.8. The van der Waals surface area contributed by atoms with Gasteiger partial charge in [0, 0.05) is 38.0 Å². The van der Waals surface area contributed by atoms with Gasteiger partial charge in [-0.1, -0.05) is 54.6 Å². The molecule has 0 saturated carbocycles. The summed E-state index contributed by atoms with van der Waals surface area (Å²) in [6.45, 7) is 6.29. The second-order valence-corrected chi connectivity index (χ2v) is 11.1. The molecule has 3 aromatic carbocycles. The zero-order valence-electron chi connectivity index (χ0n) is 22.4. The summed E-state index contributed by atoms with van der Waals surface area (Å²) >= 11 is 0. The van der Waals surface area contributed by atoms with E-state index < -0.39 is 0 Å². The van der Waals surface area contributed by atoms with Gasteiger partial charge in [0.25, 0.3) is 0 Å². The van der Waals surface area contributed by atoms with E-state index in [1.54, 1.807) is 0 Å². The Kier molecular flexibility index (Phi) is 8.42. The number of fused-ring (bicyclic) bond motifs is 1. The van der Waals surface area contributed by atoms with E-state index in [1.807, 2.05) is 0 Å². The number of nitrogens with zero attached hydrogens (tertiary/aromatic N) is 3. The van der Waals surface area contributed by atoms with Crippen molar-refractivity contribution in [2.75, 3.05) is 46.9 Å². The van der Waals surface area contributed by atoms with Gasteiger partial charge < -0.3 is 14.5 Å². The number of piperidine rings is 2. The third kappa shape index (κ3) is 6.71. The van der Waals surface area contributed by atoms with Crippen LogP contribution in [0.3, 0.4) is 0 Å². The van der Waals surface area contributed by atoms with Crippen LogP contribution in [0.25, 0.3) is 10.8 Å². The normalized spacial score (nSPS) is 19.4. The van der Waals surface area contributed by atoms with Gasteiger partial charge in [0.15, 0.2) is 0 Å². The SMILES string of the molecule is CN1CCC(C(=O)N2CCCC(COc3ccc(CN(C)Cc4cccc5ccccc45)cc3)C2)CC1. The van der Waals surface area contributed by atoms with Gasteiger partial charge in [0.1, 0.15) is 5.75 Å². The average Bonchev–Trinajstić information content (AvgIpc) is 2.93. The molecule has 0 N–H and O–H groups in total. The zero-order valence-corrected chi connectivity index (χ0v) is 22.4. The van der Waals surface area contributed by atoms with Gasteiger partial charge in [-0.2, -0.15) is 0 Å². The van der Waals surface area contributed by atoms with Crippen LogP contribution in [0.5, 0.6) is 5.75 Å². The predicted molar refractivity (Wildman–Crippen MR) is 151 cm³/mol. The highest BCUT2D eigenvalue weighted by atomic mass is 16.5. The van der Waals surface area contributed by atoms with E-state index in [0.717, 1.165) is 70.7 Å². The van der Waals surface area contributed by atoms with Crippen LogP contribution in [-0.4, -0.2) is 67.5 Å². The minimum atomic E-state index is 0.210. The highest BCUT2D eigenvalue weighted by molar-refractivity contribution is 5.85. The van der Waals surface area contributed by atoms with Crippen LogP contribution >= 0.6 is 0 Å². The van der Waals surface area contributed by atoms with Crippen molar-refractivity contribution in [1.82, 2.24) is 14.7 Å². The van der Waals surface area contributed by atoms with Gasteiger partial charge in [-0.15, -0.1) is 0 Å². The lowest BCUT2D eigenvalue weighted by Crippen LogP contribution is -2.46. The van der Waals surface area contributed by atoms with Crippen LogP contribution in [0.1, 0.15) is 36.8 Å². The summed E-state index contributed by atoms with van der Waals surface area (Å²) in [7, 11) is 4.32. The second-order valence-electron chi connectivity index (χ2n) is 11.1. The smallest absolute Gasteiger partial charge is 0.225 e. The molecule has 5 rings (SSSR count). The lowest BCUT2D eigenvalue weighted by Gasteiger charge is -2.37. The molecule has 5 heteroatoms. The zero-order chi connectivity index (χ0) is 25.6. The fraction of sp³-hybridized carbons (Fsp3) is 0.469. The monoisotopic (exact) mass is 499 g/mol. The topological polar surface area (TPSA) is 36.0 Å². The largest absolute Gasteiger partial charge is 0.493 e. The Bertz CT molecular complexity index is 1160. The molecule has 2 aliphatic rings. The maximum absolute atomic E-state index is 13.0. The Morgan fingerprint density at radius 1 is 0.919 bits per heavy atom. The molecule has 0 radical (unpaired) electrons. The van der Waals surface area contributed by atoms with Gasteiger partial charge in [-0.3, -0.25) is 9.69 Å². The first-order chi connectivity index (χ1) is 18.0. The van der Waals surface area contributed by atoms with Gasteiger partial charge >= 0.3 is 0 Å². The fourth-order valence-corrected chi connectivity index (χ4v) is 5.91. The van der Waals surface area contributed by atoms with E-state index in [4.69, 9.17) is 4.74 Å². The first-order valence-corrected chi connectivity index (χ1v) is 13.9. The highest BCUT2D eigenvalue weighted by Gasteiger charge is 2.30. The number of carbonyl (C=O) groups is 1. The molecule has 2 fully saturated rings. The van der Waals surface area contributed by atoms with E-state index in [2.05, 4.69) is 95.5 Å². The molecule has 5 nitrogen and oxygen atoms in total. The molecule has 196 valence electrons. The number of carbonyl (C=O) groups excluding carboxylic acids is 1. The fourth-order valence-electron chi connectivity index (χ4n) is 5.91. The Morgan fingerprint density at radius 2 is 1.68 bits per heavy atom. The molecule has 0 spiro atoms. The van der Waals surface area contributed by atoms with Crippen molar-refractivity contribution in [2.45, 2.75) is 38.8 Å². The molecular formula is C32H41N3O2. The number of likely N-dealkylation sites (tertiary alicyclic amines) is 2. The summed E-state index contributed by atoms with van der Waals surface area (Å²) in [6.07, 6.45) is 4.20. The quantitative estimate of drug-likeness (QED) is 0.414. The molecule has 2 heterocycles. The van der Waals surface area contributed by atoms with Crippen molar-refractivity contribution in [3.63, 3.8) is 0 Å². The number of benzene rings is 3. The van der Waals surface area contributed by atoms with Crippen molar-refractivity contribution in [3.05, 3.63) is 77.9 Å². The van der Waals surface area contributed by atoms with Crippen molar-refractivity contribution >= 4 is 16.7 Å². The van der Waals surface area contributed by atoms with E-state index in [9.17, 15) is 4.79 Å². The average molecular weight is 500 g/mol. The molecule has 3 aromatic rings. The lowest BCUT2D eigenvalue weighted by molar-refractivity contribution is -0.139. The Morgan fingerprint density at radius 3 is 2.49 bits per heavy atom. The van der Waals surface area contributed by atoms with Crippen molar-refractivity contribution < 1.29 is 9.53 Å². The Labute approximate surface area is 222 Å². The lowest BCUT2D eigenvalue weighted by atomic mass is 9.92. The van der Waals surface area contributed by atoms with E-state index in [-0.39, 0.29) is 5.92 Å². The summed E-state index contributed by atoms with van der Waals surface area (Å²) in [5.41, 5.74) is 2.64. The van der Waals surface area contributed by atoms with E-state index in [0.29, 0.717) is 18.4 Å². The van der Waals surface area contributed by atoms with Gasteiger partial charge in [0.05, 0.1) is 6.61 Å². The third-order valence-electron chi connectivity index (χ3n) is 8.08. The standard InChI is InChI=1S/C32H41N3O2/c1-33-19-16-28(17-20-33)32(36)35-18-6-7-26(22-35)24-37-30-14-12-25(13-15-30)21-34(2)23-29-10-5-9-27-8-3-4-11-31(27)29/h3-5,8-15,26,28H,6-7,16-24H2,1-2H3. The Hall–Kier alpha value is -2.89. The predicted octanol–water partition coefficient (Wildman–Crippen LogP) is 5.43. The van der Waals surface area contributed by atoms with Gasteiger partial charge in [-0.25, -0.2) is 0 Å². The molecule has 2 saturated heterocycles. The number of amides is 1. The maximum Gasteiger partial charge on any atom is 0.225 e. The number of ether oxygens (including phenoxy) is 1.